The van der Waals surface area contributed by atoms with Crippen LogP contribution in [-0.2, 0) is 11.0 Å². The summed E-state index contributed by atoms with van der Waals surface area (Å²) in [6.45, 7) is 0. The highest BCUT2D eigenvalue weighted by Crippen LogP contribution is 2.27. The van der Waals surface area contributed by atoms with Crippen molar-refractivity contribution in [1.29, 1.82) is 0 Å². The number of nitrogens with zero attached hydrogens (tertiary/aromatic N) is 2. The van der Waals surface area contributed by atoms with Crippen molar-refractivity contribution in [2.75, 3.05) is 0 Å². The van der Waals surface area contributed by atoms with E-state index in [1.807, 2.05) is 0 Å². The molecule has 1 aliphatic carbocycles. The number of fused-ring (bicyclic) bond motifs is 1. The van der Waals surface area contributed by atoms with E-state index >= 15 is 0 Å². The molecule has 7 heteroatoms. The Morgan fingerprint density at radius 2 is 2.00 bits per heavy atom. The maximum atomic E-state index is 11.7. The average molecular weight is 250 g/mol. The van der Waals surface area contributed by atoms with E-state index in [-0.39, 0.29) is 17.0 Å². The Morgan fingerprint density at radius 1 is 1.24 bits per heavy atom. The van der Waals surface area contributed by atoms with E-state index < -0.39 is 16.8 Å². The number of carbonyl (C=O) groups is 1. The Hall–Kier alpha value is -2.24. The number of Topliss-reactive ketones (excluding diaryl/α,β-unsaturated/α-hetero) is 1. The molecule has 1 aromatic carbocycles. The van der Waals surface area contributed by atoms with Crippen molar-refractivity contribution in [3.8, 4) is 5.75 Å². The van der Waals surface area contributed by atoms with Gasteiger partial charge in [-0.05, 0) is 18.2 Å². The molecule has 2 rings (SSSR count). The van der Waals surface area contributed by atoms with Crippen molar-refractivity contribution in [3.63, 3.8) is 0 Å². The summed E-state index contributed by atoms with van der Waals surface area (Å²) in [5.41, 5.74) is 9.06. The third kappa shape index (κ3) is 2.01. The molecule has 0 heterocycles. The number of benzene rings is 1. The average Bonchev–Trinajstić information content (AvgIpc) is 2.30. The molecule has 86 valence electrons. The SMILES string of the molecule is [N-]=[N+]=C1C=Cc2c(O[SH](=O)=O)cccc2C1=O. The first-order chi connectivity index (χ1) is 8.13. The van der Waals surface area contributed by atoms with E-state index in [1.54, 1.807) is 0 Å². The molecule has 0 N–H and O–H groups in total. The zero-order valence-corrected chi connectivity index (χ0v) is 9.26. The van der Waals surface area contributed by atoms with Crippen LogP contribution in [-0.4, -0.2) is 24.7 Å². The van der Waals surface area contributed by atoms with E-state index in [0.29, 0.717) is 5.56 Å². The van der Waals surface area contributed by atoms with E-state index in [9.17, 15) is 13.2 Å². The normalized spacial score (nSPS) is 13.5. The van der Waals surface area contributed by atoms with Gasteiger partial charge in [0.2, 0.25) is 0 Å². The van der Waals surface area contributed by atoms with Gasteiger partial charge in [-0.2, -0.15) is 13.2 Å². The summed E-state index contributed by atoms with van der Waals surface area (Å²) in [5.74, 6) is -0.420. The van der Waals surface area contributed by atoms with Crippen LogP contribution in [0, 0.1) is 0 Å². The molecule has 0 atom stereocenters. The molecule has 1 aliphatic rings. The topological polar surface area (TPSA) is 96.8 Å². The van der Waals surface area contributed by atoms with Gasteiger partial charge in [-0.3, -0.25) is 4.79 Å². The molecule has 6 nitrogen and oxygen atoms in total. The summed E-state index contributed by atoms with van der Waals surface area (Å²) < 4.78 is 25.6. The maximum absolute atomic E-state index is 11.7. The third-order valence-electron chi connectivity index (χ3n) is 2.23. The van der Waals surface area contributed by atoms with E-state index in [2.05, 4.69) is 8.97 Å². The Labute approximate surface area is 97.9 Å². The lowest BCUT2D eigenvalue weighted by atomic mass is 9.94. The lowest BCUT2D eigenvalue weighted by Crippen LogP contribution is -2.18. The number of allylic oxidation sites excluding steroid dienone is 1. The van der Waals surface area contributed by atoms with Crippen LogP contribution in [0.1, 0.15) is 15.9 Å². The fourth-order valence-electron chi connectivity index (χ4n) is 1.53. The highest BCUT2D eigenvalue weighted by atomic mass is 32.2. The standard InChI is InChI=1S/C10H6N2O4S/c11-12-8-5-4-6-7(10(8)13)2-1-3-9(6)16-17(14)15/h1-5,17H. The molecule has 0 saturated carbocycles. The first kappa shape index (κ1) is 11.3. The van der Waals surface area contributed by atoms with Crippen molar-refractivity contribution in [2.24, 2.45) is 0 Å². The first-order valence-electron chi connectivity index (χ1n) is 4.53. The molecule has 0 aromatic heterocycles. The van der Waals surface area contributed by atoms with Gasteiger partial charge in [-0.1, -0.05) is 6.07 Å². The monoisotopic (exact) mass is 250 g/mol. The van der Waals surface area contributed by atoms with Crippen LogP contribution >= 0.6 is 0 Å². The molecule has 0 unspecified atom stereocenters. The van der Waals surface area contributed by atoms with Crippen molar-refractivity contribution in [1.82, 2.24) is 0 Å². The summed E-state index contributed by atoms with van der Waals surface area (Å²) in [6.07, 6.45) is 2.75. The molecule has 17 heavy (non-hydrogen) atoms. The van der Waals surface area contributed by atoms with E-state index in [4.69, 9.17) is 5.53 Å². The van der Waals surface area contributed by atoms with Crippen LogP contribution in [0.4, 0.5) is 0 Å². The largest absolute Gasteiger partial charge is 0.384 e. The molecule has 0 bridgehead atoms. The van der Waals surface area contributed by atoms with E-state index in [0.717, 1.165) is 0 Å². The highest BCUT2D eigenvalue weighted by Gasteiger charge is 2.27. The number of carbonyl (C=O) groups excluding carboxylic acids is 1. The highest BCUT2D eigenvalue weighted by molar-refractivity contribution is 7.67. The first-order valence-corrected chi connectivity index (χ1v) is 5.63. The minimum atomic E-state index is -3.05. The van der Waals surface area contributed by atoms with E-state index in [1.165, 1.54) is 30.4 Å². The summed E-state index contributed by atoms with van der Waals surface area (Å²) in [5, 5.41) is 0. The van der Waals surface area contributed by atoms with Crippen LogP contribution < -0.4 is 4.18 Å². The summed E-state index contributed by atoms with van der Waals surface area (Å²) in [7, 11) is -3.05. The van der Waals surface area contributed by atoms with Gasteiger partial charge in [0.25, 0.3) is 16.8 Å². The van der Waals surface area contributed by atoms with Crippen molar-refractivity contribution < 1.29 is 22.2 Å². The Bertz CT molecular complexity index is 646. The number of hydrogen-bond donors (Lipinski definition) is 1. The van der Waals surface area contributed by atoms with Gasteiger partial charge in [0.1, 0.15) is 5.75 Å². The molecule has 1 aromatic rings. The summed E-state index contributed by atoms with van der Waals surface area (Å²) >= 11 is 0. The molecule has 0 saturated heterocycles. The predicted octanol–water partition coefficient (Wildman–Crippen LogP) is 0.472. The van der Waals surface area contributed by atoms with Gasteiger partial charge < -0.3 is 9.71 Å². The smallest absolute Gasteiger partial charge is 0.362 e. The van der Waals surface area contributed by atoms with Crippen molar-refractivity contribution >= 4 is 28.6 Å². The Morgan fingerprint density at radius 3 is 2.65 bits per heavy atom. The second-order valence-corrected chi connectivity index (χ2v) is 3.81. The van der Waals surface area contributed by atoms with Crippen LogP contribution in [0.3, 0.4) is 0 Å². The Kier molecular flexibility index (Phi) is 2.86. The number of rotatable bonds is 2. The van der Waals surface area contributed by atoms with Crippen LogP contribution in [0.25, 0.3) is 11.6 Å². The zero-order chi connectivity index (χ0) is 12.4. The van der Waals surface area contributed by atoms with Gasteiger partial charge in [0.05, 0.1) is 0 Å². The zero-order valence-electron chi connectivity index (χ0n) is 8.36. The molecule has 0 radical (unpaired) electrons. The van der Waals surface area contributed by atoms with Crippen molar-refractivity contribution in [3.05, 3.63) is 40.9 Å². The number of ketones is 1. The molecule has 0 aliphatic heterocycles. The summed E-state index contributed by atoms with van der Waals surface area (Å²) in [6, 6.07) is 4.42. The lowest BCUT2D eigenvalue weighted by Gasteiger charge is -2.09. The molecular weight excluding hydrogens is 244 g/mol. The maximum Gasteiger partial charge on any atom is 0.362 e. The second-order valence-electron chi connectivity index (χ2n) is 3.18. The van der Waals surface area contributed by atoms with Crippen molar-refractivity contribution in [2.45, 2.75) is 0 Å². The minimum absolute atomic E-state index is 0.0696. The molecular formula is C10H6N2O4S. The van der Waals surface area contributed by atoms with Gasteiger partial charge in [-0.15, -0.1) is 0 Å². The number of thiol groups is 1. The predicted molar refractivity (Wildman–Crippen MR) is 59.4 cm³/mol. The lowest BCUT2D eigenvalue weighted by molar-refractivity contribution is -0.00435. The van der Waals surface area contributed by atoms with Gasteiger partial charge in [0.15, 0.2) is 0 Å². The third-order valence-corrected chi connectivity index (χ3v) is 2.58. The van der Waals surface area contributed by atoms with Gasteiger partial charge in [-0.25, -0.2) is 0 Å². The van der Waals surface area contributed by atoms with Gasteiger partial charge >= 0.3 is 5.71 Å². The van der Waals surface area contributed by atoms with Crippen LogP contribution in [0.2, 0.25) is 0 Å². The Balaban J connectivity index is 2.62. The van der Waals surface area contributed by atoms with Crippen LogP contribution in [0.5, 0.6) is 5.75 Å². The van der Waals surface area contributed by atoms with Gasteiger partial charge in [0, 0.05) is 17.2 Å². The molecule has 0 fully saturated rings. The van der Waals surface area contributed by atoms with Crippen LogP contribution in [0.15, 0.2) is 24.3 Å². The quantitative estimate of drug-likeness (QED) is 0.468. The molecule has 0 spiro atoms. The fourth-order valence-corrected chi connectivity index (χ4v) is 1.85. The second kappa shape index (κ2) is 4.32. The minimum Gasteiger partial charge on any atom is -0.384 e. The molecule has 0 amide bonds. The number of hydrogen-bond acceptors (Lipinski definition) is 4. The summed E-state index contributed by atoms with van der Waals surface area (Å²) in [4.78, 5) is 14.6. The fraction of sp³-hybridized carbons (Fsp3) is 0.